The molecular weight excluding hydrogens is 388 g/mol. The second-order valence-electron chi connectivity index (χ2n) is 7.59. The fraction of sp³-hybridized carbons (Fsp3) is 0.154. The molecule has 1 aromatic heterocycles. The summed E-state index contributed by atoms with van der Waals surface area (Å²) in [5.74, 6) is 0.268. The van der Waals surface area contributed by atoms with Crippen molar-refractivity contribution in [2.45, 2.75) is 20.4 Å². The van der Waals surface area contributed by atoms with E-state index < -0.39 is 0 Å². The fourth-order valence-electron chi connectivity index (χ4n) is 3.75. The Kier molecular flexibility index (Phi) is 5.58. The molecule has 156 valence electrons. The monoisotopic (exact) mass is 412 g/mol. The van der Waals surface area contributed by atoms with Crippen LogP contribution in [-0.2, 0) is 6.54 Å². The highest BCUT2D eigenvalue weighted by Gasteiger charge is 2.23. The number of hydrogen-bond acceptors (Lipinski definition) is 3. The predicted octanol–water partition coefficient (Wildman–Crippen LogP) is 5.00. The number of amides is 1. The molecule has 0 spiro atoms. The molecule has 0 atom stereocenters. The van der Waals surface area contributed by atoms with Crippen LogP contribution in [0.4, 0.5) is 5.69 Å². The summed E-state index contributed by atoms with van der Waals surface area (Å²) < 4.78 is 5.41. The van der Waals surface area contributed by atoms with Crippen LogP contribution < -0.4 is 15.2 Å². The first-order chi connectivity index (χ1) is 15.0. The average Bonchev–Trinajstić information content (AvgIpc) is 2.78. The molecule has 31 heavy (non-hydrogen) atoms. The number of ether oxygens (including phenoxy) is 1. The van der Waals surface area contributed by atoms with Gasteiger partial charge in [-0.25, -0.2) is 0 Å². The number of benzene rings is 3. The molecule has 0 bridgehead atoms. The van der Waals surface area contributed by atoms with E-state index in [1.165, 1.54) is 0 Å². The Labute approximate surface area is 180 Å². The van der Waals surface area contributed by atoms with E-state index in [4.69, 9.17) is 4.74 Å². The summed E-state index contributed by atoms with van der Waals surface area (Å²) in [5, 5.41) is 0.926. The predicted molar refractivity (Wildman–Crippen MR) is 124 cm³/mol. The zero-order valence-electron chi connectivity index (χ0n) is 17.8. The van der Waals surface area contributed by atoms with Gasteiger partial charge in [0.2, 0.25) is 0 Å². The first-order valence-electron chi connectivity index (χ1n) is 10.1. The molecule has 3 aromatic carbocycles. The number of anilines is 1. The third kappa shape index (κ3) is 4.08. The van der Waals surface area contributed by atoms with E-state index in [-0.39, 0.29) is 18.0 Å². The van der Waals surface area contributed by atoms with Gasteiger partial charge in [0.1, 0.15) is 5.75 Å². The molecule has 5 heteroatoms. The number of aromatic nitrogens is 1. The lowest BCUT2D eigenvalue weighted by Gasteiger charge is -2.25. The van der Waals surface area contributed by atoms with Crippen LogP contribution in [0.15, 0.2) is 77.6 Å². The van der Waals surface area contributed by atoms with E-state index in [2.05, 4.69) is 4.98 Å². The quantitative estimate of drug-likeness (QED) is 0.502. The number of aromatic amines is 1. The van der Waals surface area contributed by atoms with Crippen LogP contribution in [0.3, 0.4) is 0 Å². The third-order valence-electron chi connectivity index (χ3n) is 5.40. The van der Waals surface area contributed by atoms with Crippen LogP contribution in [0.2, 0.25) is 0 Å². The van der Waals surface area contributed by atoms with Gasteiger partial charge in [0.15, 0.2) is 0 Å². The molecule has 0 aliphatic carbocycles. The summed E-state index contributed by atoms with van der Waals surface area (Å²) in [7, 11) is 1.54. The molecule has 0 saturated heterocycles. The normalized spacial score (nSPS) is 10.8. The standard InChI is InChI=1S/C26H24N2O3/c1-17-12-13-19-15-20(25(29)27-22(19)14-17)16-28(23-10-6-4-8-18(23)2)26(30)21-9-5-7-11-24(21)31-3/h4-15H,16H2,1-3H3,(H,27,29). The number of hydrogen-bond donors (Lipinski definition) is 1. The molecule has 0 fully saturated rings. The highest BCUT2D eigenvalue weighted by atomic mass is 16.5. The number of H-pyrrole nitrogens is 1. The van der Waals surface area contributed by atoms with Crippen LogP contribution in [0, 0.1) is 13.8 Å². The van der Waals surface area contributed by atoms with Crippen LogP contribution in [0.1, 0.15) is 27.0 Å². The molecule has 1 N–H and O–H groups in total. The van der Waals surface area contributed by atoms with E-state index in [9.17, 15) is 9.59 Å². The van der Waals surface area contributed by atoms with Crippen molar-refractivity contribution in [3.63, 3.8) is 0 Å². The SMILES string of the molecule is COc1ccccc1C(=O)N(Cc1cc2ccc(C)cc2[nH]c1=O)c1ccccc1C. The fourth-order valence-corrected chi connectivity index (χ4v) is 3.75. The maximum absolute atomic E-state index is 13.6. The highest BCUT2D eigenvalue weighted by molar-refractivity contribution is 6.08. The Hall–Kier alpha value is -3.86. The highest BCUT2D eigenvalue weighted by Crippen LogP contribution is 2.27. The number of carbonyl (C=O) groups is 1. The Balaban J connectivity index is 1.82. The molecule has 0 radical (unpaired) electrons. The zero-order valence-corrected chi connectivity index (χ0v) is 17.8. The van der Waals surface area contributed by atoms with Crippen LogP contribution in [0.5, 0.6) is 5.75 Å². The van der Waals surface area contributed by atoms with Crippen LogP contribution in [0.25, 0.3) is 10.9 Å². The smallest absolute Gasteiger partial charge is 0.262 e. The second kappa shape index (κ2) is 8.48. The number of para-hydroxylation sites is 2. The Bertz CT molecular complexity index is 1320. The molecule has 4 aromatic rings. The van der Waals surface area contributed by atoms with Crippen LogP contribution in [-0.4, -0.2) is 18.0 Å². The van der Waals surface area contributed by atoms with Gasteiger partial charge in [-0.1, -0.05) is 42.5 Å². The topological polar surface area (TPSA) is 62.4 Å². The van der Waals surface area contributed by atoms with Crippen molar-refractivity contribution < 1.29 is 9.53 Å². The minimum absolute atomic E-state index is 0.140. The van der Waals surface area contributed by atoms with E-state index in [0.29, 0.717) is 16.9 Å². The van der Waals surface area contributed by atoms with Crippen molar-refractivity contribution in [3.05, 3.63) is 105 Å². The summed E-state index contributed by atoms with van der Waals surface area (Å²) in [6, 6.07) is 22.6. The van der Waals surface area contributed by atoms with E-state index in [1.807, 2.05) is 68.4 Å². The molecular formula is C26H24N2O3. The van der Waals surface area contributed by atoms with E-state index >= 15 is 0 Å². The summed E-state index contributed by atoms with van der Waals surface area (Å²) in [4.78, 5) is 31.1. The molecule has 0 saturated carbocycles. The number of fused-ring (bicyclic) bond motifs is 1. The summed E-state index contributed by atoms with van der Waals surface area (Å²) in [6.45, 7) is 4.07. The van der Waals surface area contributed by atoms with Gasteiger partial charge in [-0.15, -0.1) is 0 Å². The van der Waals surface area contributed by atoms with Gasteiger partial charge in [-0.2, -0.15) is 0 Å². The molecule has 1 amide bonds. The van der Waals surface area contributed by atoms with Gasteiger partial charge in [-0.05, 0) is 60.7 Å². The van der Waals surface area contributed by atoms with Gasteiger partial charge in [0.05, 0.1) is 19.2 Å². The lowest BCUT2D eigenvalue weighted by atomic mass is 10.1. The van der Waals surface area contributed by atoms with Gasteiger partial charge in [-0.3, -0.25) is 9.59 Å². The first kappa shape index (κ1) is 20.4. The summed E-state index contributed by atoms with van der Waals surface area (Å²) in [6.07, 6.45) is 0. The van der Waals surface area contributed by atoms with Crippen molar-refractivity contribution in [1.82, 2.24) is 4.98 Å². The zero-order chi connectivity index (χ0) is 22.0. The van der Waals surface area contributed by atoms with E-state index in [1.54, 1.807) is 30.2 Å². The number of pyridine rings is 1. The Morgan fingerprint density at radius 1 is 0.968 bits per heavy atom. The van der Waals surface area contributed by atoms with Gasteiger partial charge in [0, 0.05) is 16.8 Å². The number of nitrogens with zero attached hydrogens (tertiary/aromatic N) is 1. The maximum Gasteiger partial charge on any atom is 0.262 e. The van der Waals surface area contributed by atoms with Crippen LogP contribution >= 0.6 is 0 Å². The number of rotatable bonds is 5. The third-order valence-corrected chi connectivity index (χ3v) is 5.40. The Morgan fingerprint density at radius 3 is 2.48 bits per heavy atom. The molecule has 5 nitrogen and oxygen atoms in total. The number of carbonyl (C=O) groups excluding carboxylic acids is 1. The summed E-state index contributed by atoms with van der Waals surface area (Å²) >= 11 is 0. The lowest BCUT2D eigenvalue weighted by Crippen LogP contribution is -2.33. The maximum atomic E-state index is 13.6. The number of nitrogens with one attached hydrogen (secondary N) is 1. The largest absolute Gasteiger partial charge is 0.496 e. The molecule has 0 aliphatic heterocycles. The second-order valence-corrected chi connectivity index (χ2v) is 7.59. The van der Waals surface area contributed by atoms with Crippen molar-refractivity contribution in [1.29, 1.82) is 0 Å². The van der Waals surface area contributed by atoms with E-state index in [0.717, 1.165) is 27.7 Å². The van der Waals surface area contributed by atoms with Gasteiger partial charge < -0.3 is 14.6 Å². The van der Waals surface area contributed by atoms with Crippen molar-refractivity contribution in [3.8, 4) is 5.75 Å². The van der Waals surface area contributed by atoms with Crippen molar-refractivity contribution in [2.75, 3.05) is 12.0 Å². The molecule has 0 unspecified atom stereocenters. The lowest BCUT2D eigenvalue weighted by molar-refractivity contribution is 0.0982. The first-order valence-corrected chi connectivity index (χ1v) is 10.1. The minimum Gasteiger partial charge on any atom is -0.496 e. The van der Waals surface area contributed by atoms with Gasteiger partial charge >= 0.3 is 0 Å². The average molecular weight is 412 g/mol. The van der Waals surface area contributed by atoms with Crippen molar-refractivity contribution >= 4 is 22.5 Å². The van der Waals surface area contributed by atoms with Gasteiger partial charge in [0.25, 0.3) is 11.5 Å². The molecule has 0 aliphatic rings. The molecule has 4 rings (SSSR count). The number of aryl methyl sites for hydroxylation is 2. The molecule has 1 heterocycles. The minimum atomic E-state index is -0.227. The summed E-state index contributed by atoms with van der Waals surface area (Å²) in [5.41, 5.74) is 4.31. The van der Waals surface area contributed by atoms with Crippen molar-refractivity contribution in [2.24, 2.45) is 0 Å². The Morgan fingerprint density at radius 2 is 1.71 bits per heavy atom. The number of methoxy groups -OCH3 is 1.